The zero-order valence-corrected chi connectivity index (χ0v) is 12.9. The highest BCUT2D eigenvalue weighted by Crippen LogP contribution is 2.35. The number of aromatic nitrogens is 1. The topological polar surface area (TPSA) is 51.5 Å². The molecule has 0 aromatic heterocycles. The van der Waals surface area contributed by atoms with Gasteiger partial charge in [-0.2, -0.15) is 0 Å². The highest BCUT2D eigenvalue weighted by molar-refractivity contribution is 5.76. The number of aryl methyl sites for hydroxylation is 2. The van der Waals surface area contributed by atoms with E-state index in [1.165, 1.54) is 18.2 Å². The Balaban J connectivity index is 1.94. The molecule has 4 rings (SSSR count). The zero-order valence-electron chi connectivity index (χ0n) is 12.9. The zero-order chi connectivity index (χ0) is 16.0. The van der Waals surface area contributed by atoms with Gasteiger partial charge in [-0.25, -0.2) is 0 Å². The SMILES string of the molecule is COc1cc2cn3c(cc-2cc1=O)-c1ccc(CO)cc1CC3. The van der Waals surface area contributed by atoms with Gasteiger partial charge in [-0.1, -0.05) is 18.2 Å². The molecule has 1 aliphatic carbocycles. The van der Waals surface area contributed by atoms with Crippen LogP contribution in [-0.2, 0) is 19.6 Å². The number of ether oxygens (including phenoxy) is 1. The first-order valence-electron chi connectivity index (χ1n) is 7.65. The van der Waals surface area contributed by atoms with E-state index in [1.807, 2.05) is 6.07 Å². The average Bonchev–Trinajstić information content (AvgIpc) is 2.59. The average molecular weight is 307 g/mol. The van der Waals surface area contributed by atoms with Crippen molar-refractivity contribution in [1.29, 1.82) is 0 Å². The molecule has 2 heterocycles. The van der Waals surface area contributed by atoms with Crippen molar-refractivity contribution >= 4 is 0 Å². The summed E-state index contributed by atoms with van der Waals surface area (Å²) in [4.78, 5) is 12.0. The minimum Gasteiger partial charge on any atom is -0.493 e. The number of hydrogen-bond donors (Lipinski definition) is 1. The Kier molecular flexibility index (Phi) is 3.20. The second kappa shape index (κ2) is 5.25. The van der Waals surface area contributed by atoms with E-state index in [-0.39, 0.29) is 12.0 Å². The number of methoxy groups -OCH3 is 1. The van der Waals surface area contributed by atoms with E-state index in [9.17, 15) is 9.90 Å². The molecule has 0 fully saturated rings. The minimum absolute atomic E-state index is 0.0599. The van der Waals surface area contributed by atoms with E-state index in [2.05, 4.69) is 29.0 Å². The summed E-state index contributed by atoms with van der Waals surface area (Å²) in [5.41, 5.74) is 6.26. The normalized spacial score (nSPS) is 12.8. The lowest BCUT2D eigenvalue weighted by Crippen LogP contribution is -2.14. The summed E-state index contributed by atoms with van der Waals surface area (Å²) in [6, 6.07) is 11.6. The molecular weight excluding hydrogens is 290 g/mol. The van der Waals surface area contributed by atoms with Gasteiger partial charge in [0.05, 0.1) is 13.7 Å². The molecule has 0 amide bonds. The first-order chi connectivity index (χ1) is 11.2. The van der Waals surface area contributed by atoms with Crippen LogP contribution >= 0.6 is 0 Å². The predicted molar refractivity (Wildman–Crippen MR) is 88.9 cm³/mol. The molecule has 4 nitrogen and oxygen atoms in total. The molecule has 3 aliphatic rings. The molecule has 0 unspecified atom stereocenters. The van der Waals surface area contributed by atoms with Crippen molar-refractivity contribution in [2.24, 2.45) is 0 Å². The van der Waals surface area contributed by atoms with Gasteiger partial charge in [0.15, 0.2) is 5.75 Å². The fraction of sp³-hybridized carbons (Fsp3) is 0.211. The third-order valence-electron chi connectivity index (χ3n) is 4.52. The van der Waals surface area contributed by atoms with Crippen LogP contribution in [0, 0.1) is 0 Å². The van der Waals surface area contributed by atoms with Crippen LogP contribution in [0.25, 0.3) is 22.4 Å². The van der Waals surface area contributed by atoms with Crippen LogP contribution < -0.4 is 10.2 Å². The van der Waals surface area contributed by atoms with Crippen LogP contribution in [0.1, 0.15) is 11.1 Å². The molecule has 0 saturated heterocycles. The third-order valence-corrected chi connectivity index (χ3v) is 4.52. The first-order valence-corrected chi connectivity index (χ1v) is 7.65. The number of aliphatic hydroxyl groups is 1. The van der Waals surface area contributed by atoms with Crippen molar-refractivity contribution in [1.82, 2.24) is 4.57 Å². The Bertz CT molecular complexity index is 926. The molecule has 1 N–H and O–H groups in total. The Hall–Kier alpha value is -2.59. The van der Waals surface area contributed by atoms with Gasteiger partial charge >= 0.3 is 0 Å². The van der Waals surface area contributed by atoms with E-state index < -0.39 is 0 Å². The number of rotatable bonds is 2. The maximum absolute atomic E-state index is 12.0. The van der Waals surface area contributed by atoms with Crippen molar-refractivity contribution in [2.75, 3.05) is 7.11 Å². The summed E-state index contributed by atoms with van der Waals surface area (Å²) < 4.78 is 7.35. The van der Waals surface area contributed by atoms with Crippen LogP contribution in [0.5, 0.6) is 5.75 Å². The van der Waals surface area contributed by atoms with Crippen molar-refractivity contribution in [3.8, 4) is 28.1 Å². The van der Waals surface area contributed by atoms with Crippen LogP contribution in [0.2, 0.25) is 0 Å². The lowest BCUT2D eigenvalue weighted by Gasteiger charge is -2.25. The maximum atomic E-state index is 12.0. The molecular formula is C19H17NO3. The molecule has 0 bridgehead atoms. The van der Waals surface area contributed by atoms with E-state index in [4.69, 9.17) is 4.74 Å². The first kappa shape index (κ1) is 14.0. The predicted octanol–water partition coefficient (Wildman–Crippen LogP) is 2.68. The molecule has 0 saturated carbocycles. The standard InChI is InChI=1S/C19H17NO3/c1-23-19-9-15-10-20-5-4-13-6-12(11-21)2-3-16(13)17(20)7-14(15)8-18(19)22/h2-3,6-10,21H,4-5,11H2,1H3. The second-order valence-electron chi connectivity index (χ2n) is 5.88. The molecule has 1 aromatic rings. The summed E-state index contributed by atoms with van der Waals surface area (Å²) in [7, 11) is 1.52. The quantitative estimate of drug-likeness (QED) is 0.792. The van der Waals surface area contributed by atoms with Crippen molar-refractivity contribution < 1.29 is 9.84 Å². The van der Waals surface area contributed by atoms with Gasteiger partial charge in [-0.3, -0.25) is 4.79 Å². The monoisotopic (exact) mass is 307 g/mol. The fourth-order valence-electron chi connectivity index (χ4n) is 3.32. The fourth-order valence-corrected chi connectivity index (χ4v) is 3.32. The molecule has 23 heavy (non-hydrogen) atoms. The molecule has 0 spiro atoms. The molecule has 0 atom stereocenters. The van der Waals surface area contributed by atoms with Gasteiger partial charge in [0.2, 0.25) is 5.43 Å². The van der Waals surface area contributed by atoms with E-state index in [1.54, 1.807) is 12.1 Å². The number of benzene rings is 2. The number of aliphatic hydroxyl groups excluding tert-OH is 1. The van der Waals surface area contributed by atoms with Gasteiger partial charge in [0.25, 0.3) is 0 Å². The Labute approximate surface area is 133 Å². The van der Waals surface area contributed by atoms with Crippen LogP contribution in [0.15, 0.2) is 47.4 Å². The Morgan fingerprint density at radius 2 is 2.04 bits per heavy atom. The molecule has 0 radical (unpaired) electrons. The summed E-state index contributed by atoms with van der Waals surface area (Å²) in [5, 5.41) is 9.30. The second-order valence-corrected chi connectivity index (χ2v) is 5.88. The lowest BCUT2D eigenvalue weighted by molar-refractivity contribution is 0.281. The molecule has 2 aliphatic heterocycles. The summed E-state index contributed by atoms with van der Waals surface area (Å²) in [6.45, 7) is 0.943. The van der Waals surface area contributed by atoms with Crippen molar-refractivity contribution in [3.05, 3.63) is 63.9 Å². The number of fused-ring (bicyclic) bond motifs is 4. The van der Waals surface area contributed by atoms with Crippen molar-refractivity contribution in [2.45, 2.75) is 19.6 Å². The van der Waals surface area contributed by atoms with Crippen molar-refractivity contribution in [3.63, 3.8) is 0 Å². The van der Waals surface area contributed by atoms with Gasteiger partial charge in [0.1, 0.15) is 0 Å². The summed E-state index contributed by atoms with van der Waals surface area (Å²) in [6.07, 6.45) is 3.01. The highest BCUT2D eigenvalue weighted by Gasteiger charge is 2.18. The number of nitrogens with zero attached hydrogens (tertiary/aromatic N) is 1. The summed E-state index contributed by atoms with van der Waals surface area (Å²) >= 11 is 0. The molecule has 116 valence electrons. The summed E-state index contributed by atoms with van der Waals surface area (Å²) in [5.74, 6) is 0.377. The molecule has 4 heteroatoms. The largest absolute Gasteiger partial charge is 0.493 e. The molecule has 1 aromatic carbocycles. The third kappa shape index (κ3) is 2.23. The van der Waals surface area contributed by atoms with Crippen LogP contribution in [-0.4, -0.2) is 16.8 Å². The van der Waals surface area contributed by atoms with E-state index >= 15 is 0 Å². The smallest absolute Gasteiger partial charge is 0.220 e. The van der Waals surface area contributed by atoms with Crippen LogP contribution in [0.3, 0.4) is 0 Å². The van der Waals surface area contributed by atoms with E-state index in [0.717, 1.165) is 35.3 Å². The number of pyridine rings is 1. The van der Waals surface area contributed by atoms with Gasteiger partial charge in [-0.05, 0) is 41.3 Å². The highest BCUT2D eigenvalue weighted by atomic mass is 16.5. The Morgan fingerprint density at radius 1 is 1.17 bits per heavy atom. The van der Waals surface area contributed by atoms with Gasteiger partial charge in [-0.15, -0.1) is 0 Å². The Morgan fingerprint density at radius 3 is 2.83 bits per heavy atom. The van der Waals surface area contributed by atoms with Gasteiger partial charge < -0.3 is 14.4 Å². The maximum Gasteiger partial charge on any atom is 0.220 e. The number of hydrogen-bond acceptors (Lipinski definition) is 3. The van der Waals surface area contributed by atoms with E-state index in [0.29, 0.717) is 5.75 Å². The van der Waals surface area contributed by atoms with Gasteiger partial charge in [0, 0.05) is 29.6 Å². The minimum atomic E-state index is -0.100. The van der Waals surface area contributed by atoms with Crippen LogP contribution in [0.4, 0.5) is 0 Å². The lowest BCUT2D eigenvalue weighted by atomic mass is 9.93.